The van der Waals surface area contributed by atoms with Crippen molar-refractivity contribution in [2.75, 3.05) is 6.54 Å². The Morgan fingerprint density at radius 3 is 1.84 bits per heavy atom. The molecule has 3 atom stereocenters. The first-order valence-electron chi connectivity index (χ1n) is 13.8. The van der Waals surface area contributed by atoms with Crippen LogP contribution in [-0.2, 0) is 43.4 Å². The van der Waals surface area contributed by atoms with Crippen LogP contribution in [0.1, 0.15) is 23.6 Å². The number of benzene rings is 3. The number of nitrogens with one attached hydrogen (secondary N) is 5. The third kappa shape index (κ3) is 11.1. The van der Waals surface area contributed by atoms with Crippen LogP contribution < -0.4 is 32.5 Å². The van der Waals surface area contributed by atoms with E-state index >= 15 is 0 Å². The van der Waals surface area contributed by atoms with Crippen LogP contribution in [0, 0.1) is 0 Å². The number of carbonyl (C=O) groups excluding carboxylic acids is 5. The molecule has 3 aromatic carbocycles. The lowest BCUT2D eigenvalue weighted by Crippen LogP contribution is -2.55. The molecule has 0 bridgehead atoms. The Bertz CT molecular complexity index is 1400. The summed E-state index contributed by atoms with van der Waals surface area (Å²) in [6.45, 7) is 0.931. The standard InChI is InChI=1S/C31H36N6O7/c1-20(28(40)33-18-27(39)35-26(30(42)37-32)16-21-8-4-2-5-9-21)34-29(41)25(17-22-12-14-24(38)15-13-22)36-31(43)44-19-23-10-6-3-7-11-23/h2-15,20,25-26,38H,16-19,32H2,1H3,(H,33,40)(H,34,41)(H,35,39)(H,36,43)(H,37,42)/t20-,25+,26+/m1/s1. The molecule has 0 aliphatic heterocycles. The first-order valence-corrected chi connectivity index (χ1v) is 13.8. The van der Waals surface area contributed by atoms with Gasteiger partial charge in [-0.25, -0.2) is 10.6 Å². The maximum Gasteiger partial charge on any atom is 0.408 e. The topological polar surface area (TPSA) is 201 Å². The predicted octanol–water partition coefficient (Wildman–Crippen LogP) is 0.568. The van der Waals surface area contributed by atoms with Crippen LogP contribution in [0.25, 0.3) is 0 Å². The largest absolute Gasteiger partial charge is 0.508 e. The van der Waals surface area contributed by atoms with E-state index in [0.717, 1.165) is 11.1 Å². The van der Waals surface area contributed by atoms with Crippen LogP contribution in [-0.4, -0.2) is 59.5 Å². The third-order valence-electron chi connectivity index (χ3n) is 6.45. The summed E-state index contributed by atoms with van der Waals surface area (Å²) in [5, 5.41) is 19.6. The van der Waals surface area contributed by atoms with E-state index in [1.807, 2.05) is 17.6 Å². The van der Waals surface area contributed by atoms with Gasteiger partial charge in [0.05, 0.1) is 6.54 Å². The Hall–Kier alpha value is -5.43. The van der Waals surface area contributed by atoms with Gasteiger partial charge in [-0.3, -0.25) is 24.6 Å². The highest BCUT2D eigenvalue weighted by Crippen LogP contribution is 2.12. The minimum atomic E-state index is -1.13. The zero-order valence-electron chi connectivity index (χ0n) is 24.1. The number of carbonyl (C=O) groups is 5. The molecular formula is C31H36N6O7. The Morgan fingerprint density at radius 1 is 0.705 bits per heavy atom. The van der Waals surface area contributed by atoms with Crippen molar-refractivity contribution < 1.29 is 33.8 Å². The molecule has 0 aliphatic rings. The molecule has 0 unspecified atom stereocenters. The Morgan fingerprint density at radius 2 is 1.25 bits per heavy atom. The zero-order valence-corrected chi connectivity index (χ0v) is 24.1. The van der Waals surface area contributed by atoms with Crippen LogP contribution in [0.4, 0.5) is 4.79 Å². The third-order valence-corrected chi connectivity index (χ3v) is 6.45. The summed E-state index contributed by atoms with van der Waals surface area (Å²) in [5.41, 5.74) is 4.20. The number of hydrazine groups is 1. The van der Waals surface area contributed by atoms with Gasteiger partial charge in [-0.15, -0.1) is 0 Å². The molecule has 13 heteroatoms. The quantitative estimate of drug-likeness (QED) is 0.0786. The number of ether oxygens (including phenoxy) is 1. The monoisotopic (exact) mass is 604 g/mol. The molecule has 0 aliphatic carbocycles. The van der Waals surface area contributed by atoms with E-state index in [-0.39, 0.29) is 25.2 Å². The summed E-state index contributed by atoms with van der Waals surface area (Å²) in [6, 6.07) is 20.9. The van der Waals surface area contributed by atoms with Crippen LogP contribution in [0.3, 0.4) is 0 Å². The van der Waals surface area contributed by atoms with E-state index in [1.54, 1.807) is 60.7 Å². The summed E-state index contributed by atoms with van der Waals surface area (Å²) in [7, 11) is 0. The molecule has 5 amide bonds. The van der Waals surface area contributed by atoms with E-state index in [9.17, 15) is 29.1 Å². The van der Waals surface area contributed by atoms with Crippen LogP contribution >= 0.6 is 0 Å². The average molecular weight is 605 g/mol. The van der Waals surface area contributed by atoms with Gasteiger partial charge < -0.3 is 31.1 Å². The van der Waals surface area contributed by atoms with Gasteiger partial charge in [-0.05, 0) is 35.7 Å². The lowest BCUT2D eigenvalue weighted by molar-refractivity contribution is -0.131. The summed E-state index contributed by atoms with van der Waals surface area (Å²) in [6.07, 6.45) is -0.623. The lowest BCUT2D eigenvalue weighted by atomic mass is 10.0. The summed E-state index contributed by atoms with van der Waals surface area (Å²) in [5.74, 6) is 2.69. The number of aromatic hydroxyl groups is 1. The maximum atomic E-state index is 13.2. The zero-order chi connectivity index (χ0) is 31.9. The van der Waals surface area contributed by atoms with Crippen molar-refractivity contribution in [2.45, 2.75) is 44.5 Å². The molecule has 0 radical (unpaired) electrons. The molecular weight excluding hydrogens is 568 g/mol. The van der Waals surface area contributed by atoms with E-state index < -0.39 is 54.4 Å². The molecule has 13 nitrogen and oxygen atoms in total. The Labute approximate surface area is 254 Å². The molecule has 3 rings (SSSR count). The van der Waals surface area contributed by atoms with Gasteiger partial charge in [0.15, 0.2) is 0 Å². The van der Waals surface area contributed by atoms with Gasteiger partial charge >= 0.3 is 6.09 Å². The van der Waals surface area contributed by atoms with Crippen molar-refractivity contribution in [1.82, 2.24) is 26.7 Å². The molecule has 232 valence electrons. The number of nitrogens with two attached hydrogens (primary N) is 1. The number of amides is 5. The molecule has 3 aromatic rings. The van der Waals surface area contributed by atoms with Gasteiger partial charge in [0.25, 0.3) is 5.91 Å². The van der Waals surface area contributed by atoms with Gasteiger partial charge in [-0.1, -0.05) is 72.8 Å². The predicted molar refractivity (Wildman–Crippen MR) is 160 cm³/mol. The minimum absolute atomic E-state index is 0.0137. The number of phenolic OH excluding ortho intramolecular Hbond substituents is 1. The van der Waals surface area contributed by atoms with E-state index in [0.29, 0.717) is 5.56 Å². The molecule has 0 fully saturated rings. The first-order chi connectivity index (χ1) is 21.1. The van der Waals surface area contributed by atoms with Crippen molar-refractivity contribution in [3.63, 3.8) is 0 Å². The fourth-order valence-electron chi connectivity index (χ4n) is 4.09. The summed E-state index contributed by atoms with van der Waals surface area (Å²) < 4.78 is 5.25. The normalized spacial score (nSPS) is 12.5. The molecule has 0 saturated heterocycles. The SMILES string of the molecule is C[C@@H](NC(=O)[C@H](Cc1ccc(O)cc1)NC(=O)OCc1ccccc1)C(=O)NCC(=O)N[C@@H](Cc1ccccc1)C(=O)NN. The van der Waals surface area contributed by atoms with Crippen LogP contribution in [0.15, 0.2) is 84.9 Å². The first kappa shape index (κ1) is 33.1. The second kappa shape index (κ2) is 16.9. The van der Waals surface area contributed by atoms with E-state index in [2.05, 4.69) is 21.3 Å². The second-order valence-electron chi connectivity index (χ2n) is 9.90. The Balaban J connectivity index is 1.55. The molecule has 0 spiro atoms. The average Bonchev–Trinajstić information content (AvgIpc) is 3.03. The number of phenols is 1. The number of alkyl carbamates (subject to hydrolysis) is 1. The van der Waals surface area contributed by atoms with Crippen LogP contribution in [0.2, 0.25) is 0 Å². The van der Waals surface area contributed by atoms with Crippen molar-refractivity contribution in [3.05, 3.63) is 102 Å². The molecule has 0 heterocycles. The fourth-order valence-corrected chi connectivity index (χ4v) is 4.09. The summed E-state index contributed by atoms with van der Waals surface area (Å²) in [4.78, 5) is 63.1. The molecule has 0 aromatic heterocycles. The number of hydrogen-bond donors (Lipinski definition) is 7. The highest BCUT2D eigenvalue weighted by molar-refractivity contribution is 5.93. The van der Waals surface area contributed by atoms with Gasteiger partial charge in [0, 0.05) is 12.8 Å². The van der Waals surface area contributed by atoms with Crippen molar-refractivity contribution in [2.24, 2.45) is 5.84 Å². The summed E-state index contributed by atoms with van der Waals surface area (Å²) >= 11 is 0. The lowest BCUT2D eigenvalue weighted by Gasteiger charge is -2.21. The van der Waals surface area contributed by atoms with Gasteiger partial charge in [0.2, 0.25) is 17.7 Å². The molecule has 8 N–H and O–H groups in total. The second-order valence-corrected chi connectivity index (χ2v) is 9.90. The van der Waals surface area contributed by atoms with E-state index in [4.69, 9.17) is 10.6 Å². The number of hydrogen-bond acceptors (Lipinski definition) is 8. The minimum Gasteiger partial charge on any atom is -0.508 e. The highest BCUT2D eigenvalue weighted by Gasteiger charge is 2.26. The van der Waals surface area contributed by atoms with Gasteiger partial charge in [0.1, 0.15) is 30.5 Å². The number of rotatable bonds is 14. The fraction of sp³-hybridized carbons (Fsp3) is 0.258. The van der Waals surface area contributed by atoms with Crippen LogP contribution in [0.5, 0.6) is 5.75 Å². The van der Waals surface area contributed by atoms with Gasteiger partial charge in [-0.2, -0.15) is 0 Å². The highest BCUT2D eigenvalue weighted by atomic mass is 16.5. The van der Waals surface area contributed by atoms with Crippen molar-refractivity contribution >= 4 is 29.7 Å². The Kier molecular flexibility index (Phi) is 12.7. The molecule has 0 saturated carbocycles. The van der Waals surface area contributed by atoms with Crippen molar-refractivity contribution in [3.8, 4) is 5.75 Å². The van der Waals surface area contributed by atoms with Crippen molar-refractivity contribution in [1.29, 1.82) is 0 Å². The van der Waals surface area contributed by atoms with E-state index in [1.165, 1.54) is 19.1 Å². The smallest absolute Gasteiger partial charge is 0.408 e. The maximum absolute atomic E-state index is 13.2. The molecule has 44 heavy (non-hydrogen) atoms.